The van der Waals surface area contributed by atoms with Crippen LogP contribution >= 0.6 is 24.0 Å². The van der Waals surface area contributed by atoms with Crippen LogP contribution in [0.2, 0.25) is 0 Å². The molecule has 1 aliphatic heterocycles. The van der Waals surface area contributed by atoms with Gasteiger partial charge in [-0.25, -0.2) is 0 Å². The predicted molar refractivity (Wildman–Crippen MR) is 96.3 cm³/mol. The monoisotopic (exact) mass is 367 g/mol. The van der Waals surface area contributed by atoms with Gasteiger partial charge in [-0.05, 0) is 24.6 Å². The second kappa shape index (κ2) is 8.16. The number of benzene rings is 1. The first-order chi connectivity index (χ1) is 11.5. The fourth-order valence-corrected chi connectivity index (χ4v) is 3.52. The molecule has 128 valence electrons. The van der Waals surface area contributed by atoms with Crippen LogP contribution in [0.15, 0.2) is 23.1 Å². The lowest BCUT2D eigenvalue weighted by molar-refractivity contribution is -0.137. The molecule has 1 fully saturated rings. The Morgan fingerprint density at radius 3 is 2.50 bits per heavy atom. The van der Waals surface area contributed by atoms with Crippen molar-refractivity contribution in [3.05, 3.63) is 28.7 Å². The van der Waals surface area contributed by atoms with Gasteiger partial charge in [-0.1, -0.05) is 30.0 Å². The Morgan fingerprint density at radius 1 is 1.33 bits per heavy atom. The van der Waals surface area contributed by atoms with Crippen molar-refractivity contribution in [1.82, 2.24) is 4.90 Å². The van der Waals surface area contributed by atoms with Crippen LogP contribution in [-0.2, 0) is 9.59 Å². The highest BCUT2D eigenvalue weighted by Gasteiger charge is 2.32. The maximum Gasteiger partial charge on any atom is 0.303 e. The minimum absolute atomic E-state index is 0.00353. The second-order valence-corrected chi connectivity index (χ2v) is 6.58. The minimum Gasteiger partial charge on any atom is -0.496 e. The Morgan fingerprint density at radius 2 is 1.96 bits per heavy atom. The average molecular weight is 367 g/mol. The zero-order valence-electron chi connectivity index (χ0n) is 13.3. The molecule has 8 heteroatoms. The van der Waals surface area contributed by atoms with Crippen LogP contribution in [0.25, 0.3) is 6.08 Å². The summed E-state index contributed by atoms with van der Waals surface area (Å²) < 4.78 is 11.1. The summed E-state index contributed by atoms with van der Waals surface area (Å²) in [6, 6.07) is 5.36. The van der Waals surface area contributed by atoms with E-state index in [2.05, 4.69) is 0 Å². The lowest BCUT2D eigenvalue weighted by Crippen LogP contribution is -2.29. The SMILES string of the molecule is COc1cccc(OC)c1C=C1SC(=S)N(CCCC(=O)O)C1=O. The summed E-state index contributed by atoms with van der Waals surface area (Å²) in [5.41, 5.74) is 0.661. The molecule has 0 saturated carbocycles. The molecule has 0 aliphatic carbocycles. The van der Waals surface area contributed by atoms with Crippen molar-refractivity contribution in [2.75, 3.05) is 20.8 Å². The van der Waals surface area contributed by atoms with Gasteiger partial charge >= 0.3 is 5.97 Å². The molecule has 1 aromatic rings. The van der Waals surface area contributed by atoms with E-state index in [1.54, 1.807) is 38.5 Å². The fourth-order valence-electron chi connectivity index (χ4n) is 2.23. The van der Waals surface area contributed by atoms with E-state index in [4.69, 9.17) is 26.8 Å². The number of thiocarbonyl (C=S) groups is 1. The number of aliphatic carboxylic acids is 1. The molecule has 2 rings (SSSR count). The van der Waals surface area contributed by atoms with Crippen LogP contribution in [-0.4, -0.2) is 47.0 Å². The summed E-state index contributed by atoms with van der Waals surface area (Å²) in [6.07, 6.45) is 2.04. The molecule has 0 spiro atoms. The third-order valence-corrected chi connectivity index (χ3v) is 4.77. The zero-order valence-corrected chi connectivity index (χ0v) is 14.9. The number of carbonyl (C=O) groups is 2. The topological polar surface area (TPSA) is 76.1 Å². The normalized spacial score (nSPS) is 15.9. The molecule has 24 heavy (non-hydrogen) atoms. The Kier molecular flexibility index (Phi) is 6.22. The van der Waals surface area contributed by atoms with E-state index in [0.29, 0.717) is 32.7 Å². The fraction of sp³-hybridized carbons (Fsp3) is 0.312. The van der Waals surface area contributed by atoms with Gasteiger partial charge in [-0.3, -0.25) is 14.5 Å². The van der Waals surface area contributed by atoms with Crippen molar-refractivity contribution in [3.63, 3.8) is 0 Å². The van der Waals surface area contributed by atoms with E-state index >= 15 is 0 Å². The first-order valence-electron chi connectivity index (χ1n) is 7.16. The molecule has 1 amide bonds. The third kappa shape index (κ3) is 4.07. The van der Waals surface area contributed by atoms with Gasteiger partial charge < -0.3 is 14.6 Å². The molecule has 0 radical (unpaired) electrons. The molecule has 0 atom stereocenters. The molecule has 0 unspecified atom stereocenters. The molecule has 1 heterocycles. The van der Waals surface area contributed by atoms with Crippen LogP contribution in [0.4, 0.5) is 0 Å². The van der Waals surface area contributed by atoms with Gasteiger partial charge in [0.05, 0.1) is 24.7 Å². The number of hydrogen-bond donors (Lipinski definition) is 1. The molecule has 0 aromatic heterocycles. The number of rotatable bonds is 7. The van der Waals surface area contributed by atoms with Crippen LogP contribution in [0, 0.1) is 0 Å². The van der Waals surface area contributed by atoms with Gasteiger partial charge in [-0.2, -0.15) is 0 Å². The molecule has 0 bridgehead atoms. The number of carbonyl (C=O) groups excluding carboxylic acids is 1. The van der Waals surface area contributed by atoms with Gasteiger partial charge in [0.15, 0.2) is 0 Å². The van der Waals surface area contributed by atoms with E-state index in [0.717, 1.165) is 0 Å². The number of hydrogen-bond acceptors (Lipinski definition) is 6. The van der Waals surface area contributed by atoms with Gasteiger partial charge in [0, 0.05) is 13.0 Å². The molecular formula is C16H17NO5S2. The maximum atomic E-state index is 12.5. The van der Waals surface area contributed by atoms with E-state index in [1.165, 1.54) is 16.7 Å². The number of ether oxygens (including phenoxy) is 2. The molecular weight excluding hydrogens is 350 g/mol. The summed E-state index contributed by atoms with van der Waals surface area (Å²) in [5, 5.41) is 8.70. The largest absolute Gasteiger partial charge is 0.496 e. The summed E-state index contributed by atoms with van der Waals surface area (Å²) in [6.45, 7) is 0.289. The summed E-state index contributed by atoms with van der Waals surface area (Å²) >= 11 is 6.41. The lowest BCUT2D eigenvalue weighted by Gasteiger charge is -2.13. The molecule has 1 aliphatic rings. The van der Waals surface area contributed by atoms with Gasteiger partial charge in [0.25, 0.3) is 5.91 Å². The summed E-state index contributed by atoms with van der Waals surface area (Å²) in [5.74, 6) is 0.0501. The van der Waals surface area contributed by atoms with Crippen molar-refractivity contribution >= 4 is 46.3 Å². The highest BCUT2D eigenvalue weighted by Crippen LogP contribution is 2.37. The number of methoxy groups -OCH3 is 2. The van der Waals surface area contributed by atoms with Crippen LogP contribution in [0.5, 0.6) is 11.5 Å². The van der Waals surface area contributed by atoms with Crippen LogP contribution in [0.1, 0.15) is 18.4 Å². The highest BCUT2D eigenvalue weighted by atomic mass is 32.2. The van der Waals surface area contributed by atoms with E-state index < -0.39 is 5.97 Å². The van der Waals surface area contributed by atoms with Crippen LogP contribution in [0.3, 0.4) is 0 Å². The second-order valence-electron chi connectivity index (χ2n) is 4.91. The summed E-state index contributed by atoms with van der Waals surface area (Å²) in [4.78, 5) is 25.0. The standard InChI is InChI=1S/C16H17NO5S2/c1-21-11-5-3-6-12(22-2)10(11)9-13-15(20)17(16(23)24-13)8-4-7-14(18)19/h3,5-6,9H,4,7-8H2,1-2H3,(H,18,19). The van der Waals surface area contributed by atoms with Crippen molar-refractivity contribution in [2.24, 2.45) is 0 Å². The number of thioether (sulfide) groups is 1. The Labute approximate surface area is 149 Å². The van der Waals surface area contributed by atoms with Crippen molar-refractivity contribution < 1.29 is 24.2 Å². The Balaban J connectivity index is 2.24. The zero-order chi connectivity index (χ0) is 17.7. The molecule has 1 saturated heterocycles. The number of carboxylic acids is 1. The first-order valence-corrected chi connectivity index (χ1v) is 8.38. The minimum atomic E-state index is -0.894. The highest BCUT2D eigenvalue weighted by molar-refractivity contribution is 8.26. The van der Waals surface area contributed by atoms with Crippen molar-refractivity contribution in [1.29, 1.82) is 0 Å². The summed E-state index contributed by atoms with van der Waals surface area (Å²) in [7, 11) is 3.09. The Hall–Kier alpha value is -2.06. The van der Waals surface area contributed by atoms with Gasteiger partial charge in [-0.15, -0.1) is 0 Å². The first kappa shape index (κ1) is 18.3. The number of carboxylic acid groups (broad SMARTS) is 1. The maximum absolute atomic E-state index is 12.5. The van der Waals surface area contributed by atoms with Crippen molar-refractivity contribution in [3.8, 4) is 11.5 Å². The smallest absolute Gasteiger partial charge is 0.303 e. The number of nitrogens with zero attached hydrogens (tertiary/aromatic N) is 1. The molecule has 1 aromatic carbocycles. The molecule has 6 nitrogen and oxygen atoms in total. The predicted octanol–water partition coefficient (Wildman–Crippen LogP) is 2.77. The lowest BCUT2D eigenvalue weighted by atomic mass is 10.1. The van der Waals surface area contributed by atoms with Crippen molar-refractivity contribution in [2.45, 2.75) is 12.8 Å². The quantitative estimate of drug-likeness (QED) is 0.586. The van der Waals surface area contributed by atoms with E-state index in [-0.39, 0.29) is 18.9 Å². The number of amides is 1. The van der Waals surface area contributed by atoms with E-state index in [1.807, 2.05) is 0 Å². The Bertz CT molecular complexity index is 679. The van der Waals surface area contributed by atoms with Crippen LogP contribution < -0.4 is 9.47 Å². The van der Waals surface area contributed by atoms with Gasteiger partial charge in [0.1, 0.15) is 15.8 Å². The van der Waals surface area contributed by atoms with Gasteiger partial charge in [0.2, 0.25) is 0 Å². The average Bonchev–Trinajstić information content (AvgIpc) is 2.82. The molecule has 1 N–H and O–H groups in total. The third-order valence-electron chi connectivity index (χ3n) is 3.39. The van der Waals surface area contributed by atoms with E-state index in [9.17, 15) is 9.59 Å².